The molecule has 94 valence electrons. The third-order valence-corrected chi connectivity index (χ3v) is 3.32. The first-order valence-corrected chi connectivity index (χ1v) is 6.59. The van der Waals surface area contributed by atoms with Crippen molar-refractivity contribution in [3.8, 4) is 0 Å². The van der Waals surface area contributed by atoms with Crippen LogP contribution in [0.4, 0.5) is 0 Å². The number of rotatable bonds is 5. The van der Waals surface area contributed by atoms with Crippen molar-refractivity contribution in [1.82, 2.24) is 0 Å². The van der Waals surface area contributed by atoms with E-state index < -0.39 is 17.2 Å². The van der Waals surface area contributed by atoms with Crippen molar-refractivity contribution in [2.45, 2.75) is 18.7 Å². The Morgan fingerprint density at radius 3 is 2.18 bits per heavy atom. The highest BCUT2D eigenvalue weighted by Crippen LogP contribution is 2.12. The van der Waals surface area contributed by atoms with E-state index in [0.717, 1.165) is 0 Å². The Kier molecular flexibility index (Phi) is 4.70. The van der Waals surface area contributed by atoms with Crippen LogP contribution in [0.2, 0.25) is 0 Å². The minimum Gasteiger partial charge on any atom is -0.423 e. The van der Waals surface area contributed by atoms with Crippen molar-refractivity contribution >= 4 is 22.7 Å². The van der Waals surface area contributed by atoms with Crippen molar-refractivity contribution in [1.29, 1.82) is 0 Å². The molecule has 5 nitrogen and oxygen atoms in total. The molecule has 2 N–H and O–H groups in total. The largest absolute Gasteiger partial charge is 0.488 e. The lowest BCUT2D eigenvalue weighted by Crippen LogP contribution is -2.29. The summed E-state index contributed by atoms with van der Waals surface area (Å²) in [5, 5.41) is 17.7. The Morgan fingerprint density at radius 1 is 1.24 bits per heavy atom. The highest BCUT2D eigenvalue weighted by Gasteiger charge is 2.17. The SMILES string of the molecule is CC(C)COS(=O)(=O)c1ccc(B(O)O)cc1. The van der Waals surface area contributed by atoms with Crippen LogP contribution in [0, 0.1) is 5.92 Å². The van der Waals surface area contributed by atoms with E-state index in [-0.39, 0.29) is 22.9 Å². The molecule has 17 heavy (non-hydrogen) atoms. The van der Waals surface area contributed by atoms with Crippen LogP contribution in [-0.4, -0.2) is 32.2 Å². The van der Waals surface area contributed by atoms with Gasteiger partial charge in [-0.25, -0.2) is 0 Å². The van der Waals surface area contributed by atoms with Gasteiger partial charge in [-0.1, -0.05) is 26.0 Å². The molecule has 0 atom stereocenters. The van der Waals surface area contributed by atoms with Gasteiger partial charge >= 0.3 is 7.12 Å². The maximum atomic E-state index is 11.7. The second-order valence-electron chi connectivity index (χ2n) is 4.08. The van der Waals surface area contributed by atoms with Crippen molar-refractivity contribution in [2.75, 3.05) is 6.61 Å². The first kappa shape index (κ1) is 14.2. The predicted octanol–water partition coefficient (Wildman–Crippen LogP) is -0.272. The maximum Gasteiger partial charge on any atom is 0.488 e. The summed E-state index contributed by atoms with van der Waals surface area (Å²) in [6, 6.07) is 5.22. The summed E-state index contributed by atoms with van der Waals surface area (Å²) in [7, 11) is -5.37. The molecular formula is C10H15BO5S. The molecule has 1 rings (SSSR count). The molecule has 0 aliphatic carbocycles. The van der Waals surface area contributed by atoms with Gasteiger partial charge in [0, 0.05) is 0 Å². The molecule has 0 amide bonds. The summed E-state index contributed by atoms with van der Waals surface area (Å²) >= 11 is 0. The van der Waals surface area contributed by atoms with Crippen molar-refractivity contribution in [3.63, 3.8) is 0 Å². The van der Waals surface area contributed by atoms with E-state index in [9.17, 15) is 8.42 Å². The lowest BCUT2D eigenvalue weighted by molar-refractivity contribution is 0.275. The van der Waals surface area contributed by atoms with E-state index in [1.807, 2.05) is 13.8 Å². The van der Waals surface area contributed by atoms with Gasteiger partial charge in [0.25, 0.3) is 10.1 Å². The molecule has 7 heteroatoms. The summed E-state index contributed by atoms with van der Waals surface area (Å²) in [6.07, 6.45) is 0. The zero-order chi connectivity index (χ0) is 13.1. The van der Waals surface area contributed by atoms with Crippen LogP contribution >= 0.6 is 0 Å². The fraction of sp³-hybridized carbons (Fsp3) is 0.400. The Bertz CT molecular complexity index is 452. The topological polar surface area (TPSA) is 83.8 Å². The smallest absolute Gasteiger partial charge is 0.423 e. The Morgan fingerprint density at radius 2 is 1.76 bits per heavy atom. The maximum absolute atomic E-state index is 11.7. The minimum absolute atomic E-state index is 0.00236. The normalized spacial score (nSPS) is 11.8. The van der Waals surface area contributed by atoms with Crippen LogP contribution in [0.1, 0.15) is 13.8 Å². The molecule has 0 aliphatic heterocycles. The van der Waals surface area contributed by atoms with Crippen LogP contribution in [0.3, 0.4) is 0 Å². The van der Waals surface area contributed by atoms with Crippen LogP contribution in [0.25, 0.3) is 0 Å². The highest BCUT2D eigenvalue weighted by atomic mass is 32.2. The quantitative estimate of drug-likeness (QED) is 0.561. The molecule has 0 spiro atoms. The van der Waals surface area contributed by atoms with Gasteiger partial charge in [-0.15, -0.1) is 0 Å². The molecule has 0 aromatic heterocycles. The van der Waals surface area contributed by atoms with Crippen LogP contribution < -0.4 is 5.46 Å². The van der Waals surface area contributed by atoms with Gasteiger partial charge in [0.05, 0.1) is 11.5 Å². The summed E-state index contributed by atoms with van der Waals surface area (Å²) < 4.78 is 28.2. The molecule has 0 bridgehead atoms. The van der Waals surface area contributed by atoms with Gasteiger partial charge < -0.3 is 10.0 Å². The summed E-state index contributed by atoms with van der Waals surface area (Å²) in [5.41, 5.74) is 0.229. The Balaban J connectivity index is 2.85. The number of benzene rings is 1. The molecule has 0 heterocycles. The molecule has 0 saturated heterocycles. The third-order valence-electron chi connectivity index (χ3n) is 2.02. The average molecular weight is 258 g/mol. The lowest BCUT2D eigenvalue weighted by atomic mass is 9.81. The van der Waals surface area contributed by atoms with Gasteiger partial charge in [-0.05, 0) is 23.5 Å². The first-order chi connectivity index (χ1) is 7.83. The van der Waals surface area contributed by atoms with E-state index in [0.29, 0.717) is 0 Å². The molecule has 0 unspecified atom stereocenters. The molecule has 0 saturated carbocycles. The van der Waals surface area contributed by atoms with Crippen LogP contribution in [0.5, 0.6) is 0 Å². The van der Waals surface area contributed by atoms with Gasteiger partial charge in [-0.2, -0.15) is 8.42 Å². The zero-order valence-electron chi connectivity index (χ0n) is 9.70. The van der Waals surface area contributed by atoms with E-state index in [1.54, 1.807) is 0 Å². The molecular weight excluding hydrogens is 243 g/mol. The first-order valence-electron chi connectivity index (χ1n) is 5.18. The minimum atomic E-state index is -3.76. The van der Waals surface area contributed by atoms with E-state index in [1.165, 1.54) is 24.3 Å². The summed E-state index contributed by atoms with van der Waals surface area (Å²) in [6.45, 7) is 3.81. The number of hydrogen-bond acceptors (Lipinski definition) is 5. The predicted molar refractivity (Wildman–Crippen MR) is 64.2 cm³/mol. The van der Waals surface area contributed by atoms with E-state index in [4.69, 9.17) is 14.2 Å². The fourth-order valence-corrected chi connectivity index (χ4v) is 2.16. The summed E-state index contributed by atoms with van der Waals surface area (Å²) in [4.78, 5) is 0.00236. The second kappa shape index (κ2) is 5.64. The van der Waals surface area contributed by atoms with Crippen LogP contribution in [0.15, 0.2) is 29.2 Å². The lowest BCUT2D eigenvalue weighted by Gasteiger charge is -2.08. The molecule has 0 aliphatic rings. The van der Waals surface area contributed by atoms with Crippen molar-refractivity contribution < 1.29 is 22.6 Å². The number of hydrogen-bond donors (Lipinski definition) is 2. The van der Waals surface area contributed by atoms with Crippen molar-refractivity contribution in [3.05, 3.63) is 24.3 Å². The standard InChI is InChI=1S/C10H15BO5S/c1-8(2)7-16-17(14,15)10-5-3-9(4-6-10)11(12)13/h3-6,8,12-13H,7H2,1-2H3. The van der Waals surface area contributed by atoms with Gasteiger partial charge in [0.2, 0.25) is 0 Å². The van der Waals surface area contributed by atoms with Crippen LogP contribution in [-0.2, 0) is 14.3 Å². The fourth-order valence-electron chi connectivity index (χ4n) is 1.10. The summed E-state index contributed by atoms with van der Waals surface area (Å²) in [5.74, 6) is 0.114. The molecule has 0 fully saturated rings. The van der Waals surface area contributed by atoms with E-state index in [2.05, 4.69) is 0 Å². The van der Waals surface area contributed by atoms with Gasteiger partial charge in [-0.3, -0.25) is 4.18 Å². The Labute approximate surface area is 101 Å². The second-order valence-corrected chi connectivity index (χ2v) is 5.69. The molecule has 0 radical (unpaired) electrons. The monoisotopic (exact) mass is 258 g/mol. The van der Waals surface area contributed by atoms with E-state index >= 15 is 0 Å². The van der Waals surface area contributed by atoms with Gasteiger partial charge in [0.1, 0.15) is 0 Å². The highest BCUT2D eigenvalue weighted by molar-refractivity contribution is 7.86. The molecule has 1 aromatic rings. The average Bonchev–Trinajstić information content (AvgIpc) is 2.27. The third kappa shape index (κ3) is 4.12. The van der Waals surface area contributed by atoms with Gasteiger partial charge in [0.15, 0.2) is 0 Å². The molecule has 1 aromatic carbocycles. The zero-order valence-corrected chi connectivity index (χ0v) is 10.5. The van der Waals surface area contributed by atoms with Crippen molar-refractivity contribution in [2.24, 2.45) is 5.92 Å². The Hall–Kier alpha value is -0.885.